The van der Waals surface area contributed by atoms with Crippen LogP contribution in [-0.4, -0.2) is 41.6 Å². The van der Waals surface area contributed by atoms with Crippen molar-refractivity contribution in [2.75, 3.05) is 35.7 Å². The first-order valence-corrected chi connectivity index (χ1v) is 12.2. The lowest BCUT2D eigenvalue weighted by atomic mass is 9.72. The maximum Gasteiger partial charge on any atom is 0.166 e. The molecule has 2 fully saturated rings. The van der Waals surface area contributed by atoms with Gasteiger partial charge < -0.3 is 21.7 Å². The van der Waals surface area contributed by atoms with Crippen LogP contribution in [0.4, 0.5) is 17.2 Å². The standard InChI is InChI=1S/C26H37N7/c1-17-5-6-24-22(12-17)26(18(2)31-24)7-10-32(11-8-26)9-3-4-19-13-23(28)25(30-16-19)33(29)21-14-20(27)15-21/h5-6,12-13,16,20-21,31H,2-4,7-11,14-15,27-29H2,1H3. The Hall–Kier alpha value is -2.61. The number of anilines is 3. The number of aromatic nitrogens is 1. The number of likely N-dealkylation sites (tertiary alicyclic amines) is 1. The average molecular weight is 448 g/mol. The van der Waals surface area contributed by atoms with Gasteiger partial charge in [-0.25, -0.2) is 10.8 Å². The van der Waals surface area contributed by atoms with Crippen molar-refractivity contribution < 1.29 is 0 Å². The maximum absolute atomic E-state index is 6.28. The van der Waals surface area contributed by atoms with Crippen LogP contribution in [0.15, 0.2) is 42.7 Å². The molecule has 5 rings (SSSR count). The summed E-state index contributed by atoms with van der Waals surface area (Å²) in [5.41, 5.74) is 19.2. The van der Waals surface area contributed by atoms with Crippen LogP contribution in [-0.2, 0) is 11.8 Å². The number of pyridine rings is 1. The lowest BCUT2D eigenvalue weighted by Gasteiger charge is -2.40. The lowest BCUT2D eigenvalue weighted by molar-refractivity contribution is 0.179. The highest BCUT2D eigenvalue weighted by molar-refractivity contribution is 5.69. The molecule has 2 aliphatic heterocycles. The van der Waals surface area contributed by atoms with Crippen molar-refractivity contribution in [3.63, 3.8) is 0 Å². The number of aryl methyl sites for hydroxylation is 2. The van der Waals surface area contributed by atoms with Crippen LogP contribution in [0.3, 0.4) is 0 Å². The van der Waals surface area contributed by atoms with Gasteiger partial charge in [0.05, 0.1) is 5.69 Å². The molecule has 0 unspecified atom stereocenters. The molecular formula is C26H37N7. The molecule has 7 N–H and O–H groups in total. The molecule has 1 spiro atoms. The molecule has 33 heavy (non-hydrogen) atoms. The normalized spacial score (nSPS) is 23.8. The zero-order chi connectivity index (χ0) is 23.2. The number of allylic oxidation sites excluding steroid dienone is 1. The maximum atomic E-state index is 6.28. The zero-order valence-electron chi connectivity index (χ0n) is 19.7. The number of rotatable bonds is 6. The molecule has 3 heterocycles. The fourth-order valence-corrected chi connectivity index (χ4v) is 5.75. The Balaban J connectivity index is 1.13. The van der Waals surface area contributed by atoms with Crippen LogP contribution < -0.4 is 27.6 Å². The summed E-state index contributed by atoms with van der Waals surface area (Å²) in [7, 11) is 0. The third-order valence-electron chi connectivity index (χ3n) is 7.94. The fourth-order valence-electron chi connectivity index (χ4n) is 5.75. The quantitative estimate of drug-likeness (QED) is 0.398. The Kier molecular flexibility index (Phi) is 5.80. The Morgan fingerprint density at radius 2 is 2.00 bits per heavy atom. The van der Waals surface area contributed by atoms with Gasteiger partial charge in [0.1, 0.15) is 0 Å². The minimum Gasteiger partial charge on any atom is -0.396 e. The van der Waals surface area contributed by atoms with E-state index in [1.54, 1.807) is 5.01 Å². The van der Waals surface area contributed by atoms with Crippen molar-refractivity contribution in [1.29, 1.82) is 0 Å². The number of nitrogen functional groups attached to an aromatic ring is 1. The van der Waals surface area contributed by atoms with Crippen LogP contribution in [0.2, 0.25) is 0 Å². The van der Waals surface area contributed by atoms with Crippen LogP contribution in [0.1, 0.15) is 48.8 Å². The minimum atomic E-state index is 0.0878. The SMILES string of the molecule is C=C1Nc2ccc(C)cc2C12CCN(CCCc1cnc(N(N)C3CC(N)C3)c(N)c1)CC2. The van der Waals surface area contributed by atoms with E-state index in [0.29, 0.717) is 11.5 Å². The second kappa shape index (κ2) is 8.63. The second-order valence-corrected chi connectivity index (χ2v) is 10.2. The van der Waals surface area contributed by atoms with Gasteiger partial charge in [-0.15, -0.1) is 0 Å². The van der Waals surface area contributed by atoms with Gasteiger partial charge in [0.2, 0.25) is 0 Å². The molecular weight excluding hydrogens is 410 g/mol. The van der Waals surface area contributed by atoms with Crippen LogP contribution in [0.25, 0.3) is 0 Å². The van der Waals surface area contributed by atoms with Crippen LogP contribution in [0.5, 0.6) is 0 Å². The minimum absolute atomic E-state index is 0.0878. The van der Waals surface area contributed by atoms with Crippen molar-refractivity contribution in [3.05, 3.63) is 59.4 Å². The third-order valence-corrected chi connectivity index (χ3v) is 7.94. The molecule has 0 atom stereocenters. The van der Waals surface area contributed by atoms with Crippen LogP contribution in [0, 0.1) is 6.92 Å². The Morgan fingerprint density at radius 1 is 1.24 bits per heavy atom. The highest BCUT2D eigenvalue weighted by atomic mass is 15.5. The first-order valence-electron chi connectivity index (χ1n) is 12.2. The van der Waals surface area contributed by atoms with Gasteiger partial charge in [-0.2, -0.15) is 0 Å². The number of nitrogens with zero attached hydrogens (tertiary/aromatic N) is 3. The summed E-state index contributed by atoms with van der Waals surface area (Å²) < 4.78 is 0. The number of fused-ring (bicyclic) bond motifs is 2. The molecule has 1 saturated heterocycles. The average Bonchev–Trinajstić information content (AvgIpc) is 3.03. The van der Waals surface area contributed by atoms with Crippen molar-refractivity contribution in [2.24, 2.45) is 11.6 Å². The molecule has 3 aliphatic rings. The van der Waals surface area contributed by atoms with Gasteiger partial charge in [0.15, 0.2) is 5.82 Å². The zero-order valence-corrected chi connectivity index (χ0v) is 19.7. The van der Waals surface area contributed by atoms with E-state index in [-0.39, 0.29) is 17.5 Å². The van der Waals surface area contributed by atoms with E-state index >= 15 is 0 Å². The Bertz CT molecular complexity index is 1030. The number of nitrogens with one attached hydrogen (secondary N) is 1. The smallest absolute Gasteiger partial charge is 0.166 e. The van der Waals surface area contributed by atoms with E-state index in [0.717, 1.165) is 58.2 Å². The van der Waals surface area contributed by atoms with Gasteiger partial charge in [-0.1, -0.05) is 24.3 Å². The van der Waals surface area contributed by atoms with Crippen LogP contribution >= 0.6 is 0 Å². The lowest BCUT2D eigenvalue weighted by Crippen LogP contribution is -2.54. The first kappa shape index (κ1) is 22.2. The van der Waals surface area contributed by atoms with Crippen molar-refractivity contribution in [1.82, 2.24) is 9.88 Å². The van der Waals surface area contributed by atoms with Gasteiger partial charge >= 0.3 is 0 Å². The van der Waals surface area contributed by atoms with E-state index in [9.17, 15) is 0 Å². The molecule has 0 radical (unpaired) electrons. The molecule has 7 nitrogen and oxygen atoms in total. The Labute approximate surface area is 197 Å². The number of benzene rings is 1. The number of nitrogens with two attached hydrogens (primary N) is 3. The van der Waals surface area contributed by atoms with E-state index in [2.05, 4.69) is 46.9 Å². The van der Waals surface area contributed by atoms with E-state index < -0.39 is 0 Å². The molecule has 7 heteroatoms. The van der Waals surface area contributed by atoms with Crippen molar-refractivity contribution in [3.8, 4) is 0 Å². The summed E-state index contributed by atoms with van der Waals surface area (Å²) >= 11 is 0. The van der Waals surface area contributed by atoms with Gasteiger partial charge in [0.25, 0.3) is 0 Å². The summed E-state index contributed by atoms with van der Waals surface area (Å²) in [6.07, 6.45) is 8.00. The van der Waals surface area contributed by atoms with Gasteiger partial charge in [-0.3, -0.25) is 5.01 Å². The molecule has 1 aromatic carbocycles. The molecule has 0 amide bonds. The topological polar surface area (TPSA) is 109 Å². The summed E-state index contributed by atoms with van der Waals surface area (Å²) in [4.78, 5) is 7.14. The second-order valence-electron chi connectivity index (χ2n) is 10.2. The predicted octanol–water partition coefficient (Wildman–Crippen LogP) is 3.05. The third kappa shape index (κ3) is 4.09. The highest BCUT2D eigenvalue weighted by Crippen LogP contribution is 2.49. The van der Waals surface area contributed by atoms with Crippen molar-refractivity contribution >= 4 is 17.2 Å². The predicted molar refractivity (Wildman–Crippen MR) is 136 cm³/mol. The molecule has 0 bridgehead atoms. The first-order chi connectivity index (χ1) is 15.9. The number of hydrogen-bond acceptors (Lipinski definition) is 7. The van der Waals surface area contributed by atoms with Gasteiger partial charge in [0, 0.05) is 35.1 Å². The number of hydrogen-bond donors (Lipinski definition) is 4. The number of piperidine rings is 1. The largest absolute Gasteiger partial charge is 0.396 e. The summed E-state index contributed by atoms with van der Waals surface area (Å²) in [6.45, 7) is 9.84. The van der Waals surface area contributed by atoms with Crippen molar-refractivity contribution in [2.45, 2.75) is 62.9 Å². The summed E-state index contributed by atoms with van der Waals surface area (Å²) in [5, 5.41) is 5.24. The summed E-state index contributed by atoms with van der Waals surface area (Å²) in [5.74, 6) is 6.89. The summed E-state index contributed by atoms with van der Waals surface area (Å²) in [6, 6.07) is 9.24. The molecule has 1 aliphatic carbocycles. The van der Waals surface area contributed by atoms with Gasteiger partial charge in [-0.05, 0) is 88.3 Å². The highest BCUT2D eigenvalue weighted by Gasteiger charge is 2.44. The van der Waals surface area contributed by atoms with E-state index in [1.165, 1.54) is 28.1 Å². The van der Waals surface area contributed by atoms with E-state index in [1.807, 2.05) is 12.3 Å². The number of hydrazine groups is 1. The monoisotopic (exact) mass is 447 g/mol. The fraction of sp³-hybridized carbons (Fsp3) is 0.500. The molecule has 2 aromatic rings. The Morgan fingerprint density at radius 3 is 2.70 bits per heavy atom. The molecule has 1 saturated carbocycles. The van der Waals surface area contributed by atoms with E-state index in [4.69, 9.17) is 17.3 Å². The molecule has 176 valence electrons. The molecule has 1 aromatic heterocycles.